The zero-order valence-corrected chi connectivity index (χ0v) is 17.4. The smallest absolute Gasteiger partial charge is 0.416 e. The van der Waals surface area contributed by atoms with Crippen molar-refractivity contribution in [3.05, 3.63) is 81.2 Å². The number of benzene rings is 2. The van der Waals surface area contributed by atoms with E-state index in [2.05, 4.69) is 0 Å². The summed E-state index contributed by atoms with van der Waals surface area (Å²) >= 11 is 0. The molecule has 1 atom stereocenters. The van der Waals surface area contributed by atoms with Gasteiger partial charge < -0.3 is 18.7 Å². The van der Waals surface area contributed by atoms with Gasteiger partial charge in [-0.15, -0.1) is 0 Å². The number of alkyl halides is 3. The number of rotatable bonds is 4. The molecule has 0 aliphatic rings. The van der Waals surface area contributed by atoms with E-state index in [0.29, 0.717) is 22.3 Å². The van der Waals surface area contributed by atoms with Gasteiger partial charge in [0.2, 0.25) is 0 Å². The number of furan rings is 1. The minimum atomic E-state index is -4.49. The molecule has 0 aliphatic carbocycles. The van der Waals surface area contributed by atoms with Gasteiger partial charge in [-0.25, -0.2) is 4.79 Å². The summed E-state index contributed by atoms with van der Waals surface area (Å²) in [4.78, 5) is 11.9. The highest BCUT2D eigenvalue weighted by molar-refractivity contribution is 5.83. The third-order valence-corrected chi connectivity index (χ3v) is 5.28. The molecule has 1 N–H and O–H groups in total. The summed E-state index contributed by atoms with van der Waals surface area (Å²) in [5.74, 6) is 0.479. The SMILES string of the molecule is Cc1c(-c2cc3ccc(OC(C)c4ccccc4C(F)(F)F)cc3o2)oc(=O)c(C)c1O. The van der Waals surface area contributed by atoms with E-state index in [1.54, 1.807) is 31.2 Å². The number of hydrogen-bond acceptors (Lipinski definition) is 5. The molecule has 0 fully saturated rings. The molecule has 2 aromatic heterocycles. The molecule has 8 heteroatoms. The van der Waals surface area contributed by atoms with Crippen molar-refractivity contribution in [1.82, 2.24) is 0 Å². The van der Waals surface area contributed by atoms with Gasteiger partial charge in [0.25, 0.3) is 0 Å². The highest BCUT2D eigenvalue weighted by Crippen LogP contribution is 2.38. The largest absolute Gasteiger partial charge is 0.507 e. The molecule has 0 saturated carbocycles. The van der Waals surface area contributed by atoms with Crippen LogP contribution in [0.4, 0.5) is 13.2 Å². The van der Waals surface area contributed by atoms with Gasteiger partial charge in [0.15, 0.2) is 11.5 Å². The molecule has 1 unspecified atom stereocenters. The number of hydrogen-bond donors (Lipinski definition) is 1. The Bertz CT molecular complexity index is 1360. The summed E-state index contributed by atoms with van der Waals surface area (Å²) in [5, 5.41) is 10.8. The molecular formula is C24H19F3O5. The Hall–Kier alpha value is -3.68. The summed E-state index contributed by atoms with van der Waals surface area (Å²) in [7, 11) is 0. The van der Waals surface area contributed by atoms with Crippen molar-refractivity contribution in [2.45, 2.75) is 33.1 Å². The van der Waals surface area contributed by atoms with Crippen LogP contribution in [0.5, 0.6) is 11.5 Å². The molecule has 5 nitrogen and oxygen atoms in total. The van der Waals surface area contributed by atoms with Gasteiger partial charge in [0.1, 0.15) is 23.2 Å². The summed E-state index contributed by atoms with van der Waals surface area (Å²) < 4.78 is 56.8. The molecule has 0 bridgehead atoms. The minimum absolute atomic E-state index is 0.0211. The fourth-order valence-corrected chi connectivity index (χ4v) is 3.54. The Balaban J connectivity index is 1.68. The van der Waals surface area contributed by atoms with Crippen LogP contribution in [-0.2, 0) is 6.18 Å². The molecule has 2 heterocycles. The summed E-state index contributed by atoms with van der Waals surface area (Å²) in [6, 6.07) is 11.7. The van der Waals surface area contributed by atoms with Crippen LogP contribution in [0.1, 0.15) is 35.3 Å². The maximum Gasteiger partial charge on any atom is 0.416 e. The van der Waals surface area contributed by atoms with Crippen molar-refractivity contribution in [1.29, 1.82) is 0 Å². The predicted octanol–water partition coefficient (Wildman–Crippen LogP) is 6.53. The van der Waals surface area contributed by atoms with Crippen LogP contribution in [0.15, 0.2) is 62.2 Å². The van der Waals surface area contributed by atoms with Crippen LogP contribution in [-0.4, -0.2) is 5.11 Å². The molecule has 4 aromatic rings. The number of aromatic hydroxyl groups is 1. The standard InChI is InChI=1S/C24H19F3O5/c1-12-21(28)13(2)23(29)32-22(12)20-10-15-8-9-16(11-19(15)31-20)30-14(3)17-6-4-5-7-18(17)24(25,26)27/h4-11,14,28H,1-3H3. The first kappa shape index (κ1) is 21.5. The van der Waals surface area contributed by atoms with Crippen LogP contribution in [0.3, 0.4) is 0 Å². The predicted molar refractivity (Wildman–Crippen MR) is 112 cm³/mol. The average molecular weight is 444 g/mol. The van der Waals surface area contributed by atoms with Gasteiger partial charge in [-0.3, -0.25) is 0 Å². The second kappa shape index (κ2) is 7.78. The Labute approximate surface area is 180 Å². The molecule has 0 saturated heterocycles. The maximum atomic E-state index is 13.3. The molecule has 2 aromatic carbocycles. The second-order valence-corrected chi connectivity index (χ2v) is 7.47. The van der Waals surface area contributed by atoms with E-state index in [1.165, 1.54) is 32.0 Å². The van der Waals surface area contributed by atoms with E-state index in [4.69, 9.17) is 13.6 Å². The quantitative estimate of drug-likeness (QED) is 0.387. The van der Waals surface area contributed by atoms with Crippen molar-refractivity contribution in [2.24, 2.45) is 0 Å². The lowest BCUT2D eigenvalue weighted by Crippen LogP contribution is -2.13. The average Bonchev–Trinajstić information content (AvgIpc) is 3.17. The highest BCUT2D eigenvalue weighted by atomic mass is 19.4. The first-order valence-electron chi connectivity index (χ1n) is 9.76. The maximum absolute atomic E-state index is 13.3. The van der Waals surface area contributed by atoms with Crippen molar-refractivity contribution in [3.8, 4) is 23.0 Å². The molecule has 0 spiro atoms. The molecule has 0 aliphatic heterocycles. The first-order chi connectivity index (χ1) is 15.1. The van der Waals surface area contributed by atoms with Gasteiger partial charge in [-0.1, -0.05) is 18.2 Å². The van der Waals surface area contributed by atoms with Crippen LogP contribution < -0.4 is 10.4 Å². The fraction of sp³-hybridized carbons (Fsp3) is 0.208. The lowest BCUT2D eigenvalue weighted by molar-refractivity contribution is -0.138. The van der Waals surface area contributed by atoms with E-state index >= 15 is 0 Å². The Morgan fingerprint density at radius 1 is 1.00 bits per heavy atom. The fourth-order valence-electron chi connectivity index (χ4n) is 3.54. The van der Waals surface area contributed by atoms with E-state index in [-0.39, 0.29) is 28.4 Å². The van der Waals surface area contributed by atoms with Crippen LogP contribution in [0.2, 0.25) is 0 Å². The number of fused-ring (bicyclic) bond motifs is 1. The molecule has 166 valence electrons. The normalized spacial score (nSPS) is 12.8. The zero-order valence-electron chi connectivity index (χ0n) is 17.4. The van der Waals surface area contributed by atoms with Gasteiger partial charge in [-0.05, 0) is 45.0 Å². The van der Waals surface area contributed by atoms with Gasteiger partial charge in [0, 0.05) is 22.6 Å². The Morgan fingerprint density at radius 2 is 1.72 bits per heavy atom. The van der Waals surface area contributed by atoms with E-state index < -0.39 is 23.5 Å². The highest BCUT2D eigenvalue weighted by Gasteiger charge is 2.34. The molecule has 32 heavy (non-hydrogen) atoms. The van der Waals surface area contributed by atoms with Crippen molar-refractivity contribution < 1.29 is 31.8 Å². The zero-order chi connectivity index (χ0) is 23.2. The Kier molecular flexibility index (Phi) is 5.24. The lowest BCUT2D eigenvalue weighted by Gasteiger charge is -2.19. The molecule has 0 amide bonds. The lowest BCUT2D eigenvalue weighted by atomic mass is 10.0. The first-order valence-corrected chi connectivity index (χ1v) is 9.76. The Morgan fingerprint density at radius 3 is 2.44 bits per heavy atom. The molecular weight excluding hydrogens is 425 g/mol. The molecule has 4 rings (SSSR count). The number of halogens is 3. The van der Waals surface area contributed by atoms with E-state index in [9.17, 15) is 23.1 Å². The van der Waals surface area contributed by atoms with Crippen LogP contribution in [0, 0.1) is 13.8 Å². The van der Waals surface area contributed by atoms with Gasteiger partial charge in [0.05, 0.1) is 11.1 Å². The van der Waals surface area contributed by atoms with E-state index in [1.807, 2.05) is 0 Å². The molecule has 0 radical (unpaired) electrons. The topological polar surface area (TPSA) is 72.8 Å². The summed E-state index contributed by atoms with van der Waals surface area (Å²) in [6.07, 6.45) is -5.36. The summed E-state index contributed by atoms with van der Waals surface area (Å²) in [6.45, 7) is 4.59. The third kappa shape index (κ3) is 3.84. The van der Waals surface area contributed by atoms with Gasteiger partial charge >= 0.3 is 11.8 Å². The second-order valence-electron chi connectivity index (χ2n) is 7.47. The van der Waals surface area contributed by atoms with Crippen molar-refractivity contribution >= 4 is 11.0 Å². The minimum Gasteiger partial charge on any atom is -0.507 e. The van der Waals surface area contributed by atoms with Crippen molar-refractivity contribution in [2.75, 3.05) is 0 Å². The third-order valence-electron chi connectivity index (χ3n) is 5.28. The van der Waals surface area contributed by atoms with Crippen LogP contribution >= 0.6 is 0 Å². The van der Waals surface area contributed by atoms with Crippen molar-refractivity contribution in [3.63, 3.8) is 0 Å². The van der Waals surface area contributed by atoms with Crippen LogP contribution in [0.25, 0.3) is 22.5 Å². The van der Waals surface area contributed by atoms with Gasteiger partial charge in [-0.2, -0.15) is 13.2 Å². The van der Waals surface area contributed by atoms with E-state index in [0.717, 1.165) is 6.07 Å². The number of ether oxygens (including phenoxy) is 1. The monoisotopic (exact) mass is 444 g/mol. The summed E-state index contributed by atoms with van der Waals surface area (Å²) in [5.41, 5.74) is -0.562.